The normalized spacial score (nSPS) is 20.2. The van der Waals surface area contributed by atoms with Gasteiger partial charge >= 0.3 is 0 Å². The number of thiophene rings is 1. The van der Waals surface area contributed by atoms with E-state index in [0.717, 1.165) is 41.3 Å². The zero-order valence-corrected chi connectivity index (χ0v) is 17.6. The Morgan fingerprint density at radius 2 is 2.23 bits per heavy atom. The first-order chi connectivity index (χ1) is 12.6. The number of fused-ring (bicyclic) bond motifs is 1. The van der Waals surface area contributed by atoms with Gasteiger partial charge in [0.1, 0.15) is 0 Å². The monoisotopic (exact) mass is 408 g/mol. The van der Waals surface area contributed by atoms with Crippen molar-refractivity contribution < 1.29 is 4.79 Å². The maximum absolute atomic E-state index is 12.4. The van der Waals surface area contributed by atoms with Gasteiger partial charge in [0, 0.05) is 29.9 Å². The number of hydrogen-bond acceptors (Lipinski definition) is 6. The second kappa shape index (κ2) is 7.50. The lowest BCUT2D eigenvalue weighted by Gasteiger charge is -2.35. The molecule has 1 aliphatic carbocycles. The van der Waals surface area contributed by atoms with Gasteiger partial charge < -0.3 is 0 Å². The van der Waals surface area contributed by atoms with Crippen molar-refractivity contribution in [1.29, 1.82) is 0 Å². The van der Waals surface area contributed by atoms with Gasteiger partial charge in [0.25, 0.3) is 0 Å². The molecule has 0 saturated heterocycles. The number of rotatable bonds is 6. The molecule has 0 aromatic carbocycles. The molecule has 2 aromatic rings. The highest BCUT2D eigenvalue weighted by Gasteiger charge is 2.35. The predicted molar refractivity (Wildman–Crippen MR) is 109 cm³/mol. The molecule has 26 heavy (non-hydrogen) atoms. The summed E-state index contributed by atoms with van der Waals surface area (Å²) in [5.74, 6) is 0.149. The molecule has 0 N–H and O–H groups in total. The molecule has 3 heterocycles. The topological polar surface area (TPSA) is 41.4 Å². The first-order valence-electron chi connectivity index (χ1n) is 9.32. The molecule has 1 saturated carbocycles. The molecule has 8 heteroatoms. The van der Waals surface area contributed by atoms with Crippen LogP contribution in [-0.4, -0.2) is 33.2 Å². The van der Waals surface area contributed by atoms with Crippen LogP contribution >= 0.6 is 34.9 Å². The zero-order chi connectivity index (χ0) is 18.3. The van der Waals surface area contributed by atoms with E-state index in [1.807, 2.05) is 27.8 Å². The third kappa shape index (κ3) is 3.40. The van der Waals surface area contributed by atoms with E-state index < -0.39 is 0 Å². The molecule has 5 nitrogen and oxygen atoms in total. The van der Waals surface area contributed by atoms with E-state index in [9.17, 15) is 4.79 Å². The number of anilines is 1. The quantitative estimate of drug-likeness (QED) is 0.655. The van der Waals surface area contributed by atoms with Crippen molar-refractivity contribution in [3.05, 3.63) is 25.8 Å². The molecule has 140 valence electrons. The highest BCUT2D eigenvalue weighted by atomic mass is 32.1. The van der Waals surface area contributed by atoms with E-state index in [2.05, 4.69) is 23.3 Å². The summed E-state index contributed by atoms with van der Waals surface area (Å²) < 4.78 is 2.66. The van der Waals surface area contributed by atoms with Crippen molar-refractivity contribution >= 4 is 45.9 Å². The van der Waals surface area contributed by atoms with Crippen LogP contribution in [0.5, 0.6) is 0 Å². The molecule has 2 aromatic heterocycles. The number of amides is 1. The first-order valence-corrected chi connectivity index (χ1v) is 11.4. The second-order valence-electron chi connectivity index (χ2n) is 6.93. The van der Waals surface area contributed by atoms with Crippen LogP contribution in [0.25, 0.3) is 0 Å². The summed E-state index contributed by atoms with van der Waals surface area (Å²) in [7, 11) is 0. The van der Waals surface area contributed by atoms with Crippen molar-refractivity contribution in [2.24, 2.45) is 0 Å². The summed E-state index contributed by atoms with van der Waals surface area (Å²) in [6.07, 6.45) is 4.83. The van der Waals surface area contributed by atoms with Gasteiger partial charge in [-0.05, 0) is 54.9 Å². The van der Waals surface area contributed by atoms with Gasteiger partial charge in [0.15, 0.2) is 3.95 Å². The van der Waals surface area contributed by atoms with Crippen LogP contribution < -0.4 is 4.90 Å². The summed E-state index contributed by atoms with van der Waals surface area (Å²) in [5, 5.41) is 7.71. The maximum atomic E-state index is 12.4. The largest absolute Gasteiger partial charge is 0.284 e. The minimum Gasteiger partial charge on any atom is -0.284 e. The molecule has 1 fully saturated rings. The summed E-state index contributed by atoms with van der Waals surface area (Å²) in [5.41, 5.74) is 1.46. The first kappa shape index (κ1) is 18.3. The van der Waals surface area contributed by atoms with Crippen molar-refractivity contribution in [3.63, 3.8) is 0 Å². The lowest BCUT2D eigenvalue weighted by Crippen LogP contribution is -2.36. The molecule has 1 aliphatic heterocycles. The lowest BCUT2D eigenvalue weighted by atomic mass is 9.98. The van der Waals surface area contributed by atoms with E-state index >= 15 is 0 Å². The van der Waals surface area contributed by atoms with E-state index in [1.54, 1.807) is 0 Å². The minimum atomic E-state index is 0.149. The summed E-state index contributed by atoms with van der Waals surface area (Å²) >= 11 is 8.92. The van der Waals surface area contributed by atoms with Crippen LogP contribution in [0.15, 0.2) is 11.4 Å². The maximum Gasteiger partial charge on any atom is 0.228 e. The SMILES string of the molecule is CCC(=O)N(c1nn(CN2CCc3sccc3[C@H]2CC)c(=S)s1)C1CC1. The van der Waals surface area contributed by atoms with Crippen LogP contribution in [-0.2, 0) is 17.9 Å². The van der Waals surface area contributed by atoms with Gasteiger partial charge in [-0.25, -0.2) is 4.68 Å². The van der Waals surface area contributed by atoms with E-state index in [0.29, 0.717) is 25.2 Å². The molecular weight excluding hydrogens is 384 g/mol. The smallest absolute Gasteiger partial charge is 0.228 e. The van der Waals surface area contributed by atoms with Crippen LogP contribution in [0.3, 0.4) is 0 Å². The molecule has 0 radical (unpaired) electrons. The van der Waals surface area contributed by atoms with Crippen molar-refractivity contribution in [2.75, 3.05) is 11.4 Å². The average molecular weight is 409 g/mol. The Kier molecular flexibility index (Phi) is 5.27. The molecule has 0 unspecified atom stereocenters. The van der Waals surface area contributed by atoms with Gasteiger partial charge in [-0.1, -0.05) is 25.2 Å². The van der Waals surface area contributed by atoms with E-state index in [-0.39, 0.29) is 5.91 Å². The Morgan fingerprint density at radius 1 is 1.42 bits per heavy atom. The van der Waals surface area contributed by atoms with Crippen molar-refractivity contribution in [3.8, 4) is 0 Å². The lowest BCUT2D eigenvalue weighted by molar-refractivity contribution is -0.118. The number of carbonyl (C=O) groups excluding carboxylic acids is 1. The van der Waals surface area contributed by atoms with Crippen LogP contribution in [0.4, 0.5) is 5.13 Å². The fourth-order valence-corrected chi connectivity index (χ4v) is 5.82. The number of hydrogen-bond donors (Lipinski definition) is 0. The number of aromatic nitrogens is 2. The fraction of sp³-hybridized carbons (Fsp3) is 0.611. The molecular formula is C18H24N4OS3. The third-order valence-electron chi connectivity index (χ3n) is 5.19. The number of nitrogens with zero attached hydrogens (tertiary/aromatic N) is 4. The van der Waals surface area contributed by atoms with Gasteiger partial charge in [-0.15, -0.1) is 16.4 Å². The van der Waals surface area contributed by atoms with E-state index in [4.69, 9.17) is 17.3 Å². The molecule has 1 amide bonds. The summed E-state index contributed by atoms with van der Waals surface area (Å²) in [6, 6.07) is 3.01. The molecule has 2 aliphatic rings. The Hall–Kier alpha value is -1.09. The molecule has 0 spiro atoms. The third-order valence-corrected chi connectivity index (χ3v) is 7.50. The van der Waals surface area contributed by atoms with Crippen molar-refractivity contribution in [1.82, 2.24) is 14.7 Å². The molecule has 1 atom stereocenters. The molecule has 0 bridgehead atoms. The average Bonchev–Trinajstić information content (AvgIpc) is 3.24. The van der Waals surface area contributed by atoms with Gasteiger partial charge in [0.2, 0.25) is 11.0 Å². The predicted octanol–water partition coefficient (Wildman–Crippen LogP) is 4.61. The molecule has 4 rings (SSSR count). The number of carbonyl (C=O) groups is 1. The second-order valence-corrected chi connectivity index (χ2v) is 9.53. The van der Waals surface area contributed by atoms with Crippen LogP contribution in [0, 0.1) is 3.95 Å². The Bertz CT molecular complexity index is 851. The Morgan fingerprint density at radius 3 is 2.92 bits per heavy atom. The summed E-state index contributed by atoms with van der Waals surface area (Å²) in [4.78, 5) is 18.2. The fourth-order valence-electron chi connectivity index (χ4n) is 3.72. The van der Waals surface area contributed by atoms with Gasteiger partial charge in [-0.3, -0.25) is 14.6 Å². The Balaban J connectivity index is 1.57. The van der Waals surface area contributed by atoms with Gasteiger partial charge in [-0.2, -0.15) is 0 Å². The summed E-state index contributed by atoms with van der Waals surface area (Å²) in [6.45, 7) is 5.87. The Labute approximate surface area is 167 Å². The van der Waals surface area contributed by atoms with Crippen LogP contribution in [0.1, 0.15) is 56.0 Å². The van der Waals surface area contributed by atoms with E-state index in [1.165, 1.54) is 21.8 Å². The minimum absolute atomic E-state index is 0.149. The highest BCUT2D eigenvalue weighted by Crippen LogP contribution is 2.37. The van der Waals surface area contributed by atoms with Gasteiger partial charge in [0.05, 0.1) is 6.67 Å². The standard InChI is InChI=1S/C18H24N4OS3/c1-3-14-13-8-10-25-15(13)7-9-20(14)11-21-18(24)26-17(19-21)22(12-5-6-12)16(23)4-2/h8,10,12,14H,3-7,9,11H2,1-2H3/t14-/m1/s1. The highest BCUT2D eigenvalue weighted by molar-refractivity contribution is 7.73. The van der Waals surface area contributed by atoms with Crippen molar-refractivity contribution in [2.45, 2.75) is 64.7 Å². The van der Waals surface area contributed by atoms with Crippen LogP contribution in [0.2, 0.25) is 0 Å². The zero-order valence-electron chi connectivity index (χ0n) is 15.2.